The fourth-order valence-electron chi connectivity index (χ4n) is 2.54. The number of sulfone groups is 1. The highest BCUT2D eigenvalue weighted by Gasteiger charge is 2.19. The molecule has 1 heterocycles. The number of oxazole rings is 1. The van der Waals surface area contributed by atoms with Crippen LogP contribution in [0.4, 0.5) is 0 Å². The molecule has 0 aliphatic rings. The summed E-state index contributed by atoms with van der Waals surface area (Å²) in [7, 11) is -1.52. The van der Waals surface area contributed by atoms with Crippen molar-refractivity contribution in [2.45, 2.75) is 51.1 Å². The summed E-state index contributed by atoms with van der Waals surface area (Å²) in [6.45, 7) is 8.94. The van der Waals surface area contributed by atoms with Crippen molar-refractivity contribution in [3.05, 3.63) is 47.2 Å². The normalized spacial score (nSPS) is 12.9. The lowest BCUT2D eigenvalue weighted by Gasteiger charge is -2.14. The van der Waals surface area contributed by atoms with E-state index in [1.54, 1.807) is 32.3 Å². The maximum absolute atomic E-state index is 11.7. The fraction of sp³-hybridized carbons (Fsp3) is 0.474. The number of hydrogen-bond donors (Lipinski definition) is 2. The Bertz CT molecular complexity index is 925. The molecule has 7 nitrogen and oxygen atoms in total. The Labute approximate surface area is 161 Å². The van der Waals surface area contributed by atoms with E-state index in [9.17, 15) is 8.42 Å². The zero-order valence-corrected chi connectivity index (χ0v) is 17.6. The van der Waals surface area contributed by atoms with Crippen molar-refractivity contribution in [1.29, 1.82) is 0 Å². The highest BCUT2D eigenvalue weighted by molar-refractivity contribution is 7.90. The number of rotatable bonds is 5. The van der Waals surface area contributed by atoms with E-state index in [1.165, 1.54) is 6.26 Å². The molecule has 0 saturated heterocycles. The second kappa shape index (κ2) is 8.12. The molecule has 2 aromatic rings. The molecule has 0 aliphatic carbocycles. The molecule has 0 atom stereocenters. The number of aromatic nitrogens is 1. The van der Waals surface area contributed by atoms with Gasteiger partial charge in [-0.05, 0) is 24.1 Å². The highest BCUT2D eigenvalue weighted by Crippen LogP contribution is 2.22. The zero-order valence-electron chi connectivity index (χ0n) is 16.8. The maximum Gasteiger partial charge on any atom is 0.213 e. The van der Waals surface area contributed by atoms with Gasteiger partial charge in [-0.3, -0.25) is 4.99 Å². The van der Waals surface area contributed by atoms with Gasteiger partial charge in [0.15, 0.2) is 15.8 Å². The largest absolute Gasteiger partial charge is 0.443 e. The number of aliphatic imine (C=N–C) groups is 1. The number of guanidine groups is 1. The number of aryl methyl sites for hydroxylation is 1. The average Bonchev–Trinajstić information content (AvgIpc) is 3.03. The average molecular weight is 393 g/mol. The van der Waals surface area contributed by atoms with Gasteiger partial charge in [0.1, 0.15) is 5.76 Å². The highest BCUT2D eigenvalue weighted by atomic mass is 32.2. The van der Waals surface area contributed by atoms with E-state index in [0.717, 1.165) is 16.9 Å². The van der Waals surface area contributed by atoms with Crippen molar-refractivity contribution in [1.82, 2.24) is 15.6 Å². The first kappa shape index (κ1) is 21.0. The van der Waals surface area contributed by atoms with Gasteiger partial charge in [0.25, 0.3) is 0 Å². The summed E-state index contributed by atoms with van der Waals surface area (Å²) in [5.74, 6) is 2.04. The van der Waals surface area contributed by atoms with E-state index in [-0.39, 0.29) is 5.41 Å². The van der Waals surface area contributed by atoms with Crippen LogP contribution in [0.3, 0.4) is 0 Å². The first-order chi connectivity index (χ1) is 12.5. The van der Waals surface area contributed by atoms with Crippen molar-refractivity contribution < 1.29 is 12.8 Å². The number of nitrogens with zero attached hydrogens (tertiary/aromatic N) is 2. The molecular weight excluding hydrogens is 364 g/mol. The van der Waals surface area contributed by atoms with Crippen LogP contribution in [0.25, 0.3) is 0 Å². The van der Waals surface area contributed by atoms with Crippen molar-refractivity contribution in [2.24, 2.45) is 4.99 Å². The first-order valence-corrected chi connectivity index (χ1v) is 10.6. The topological polar surface area (TPSA) is 96.6 Å². The van der Waals surface area contributed by atoms with Crippen LogP contribution in [0, 0.1) is 6.92 Å². The van der Waals surface area contributed by atoms with Crippen LogP contribution in [-0.2, 0) is 28.3 Å². The minimum atomic E-state index is -3.21. The monoisotopic (exact) mass is 392 g/mol. The van der Waals surface area contributed by atoms with Gasteiger partial charge in [-0.15, -0.1) is 0 Å². The van der Waals surface area contributed by atoms with Crippen LogP contribution in [0.5, 0.6) is 0 Å². The molecule has 8 heteroatoms. The van der Waals surface area contributed by atoms with Crippen LogP contribution in [-0.4, -0.2) is 32.7 Å². The van der Waals surface area contributed by atoms with Crippen molar-refractivity contribution >= 4 is 15.8 Å². The lowest BCUT2D eigenvalue weighted by Crippen LogP contribution is -2.36. The lowest BCUT2D eigenvalue weighted by atomic mass is 9.94. The number of nitrogens with one attached hydrogen (secondary N) is 2. The van der Waals surface area contributed by atoms with E-state index in [4.69, 9.17) is 4.42 Å². The van der Waals surface area contributed by atoms with Crippen LogP contribution >= 0.6 is 0 Å². The van der Waals surface area contributed by atoms with E-state index < -0.39 is 9.84 Å². The molecule has 1 aromatic carbocycles. The molecule has 0 unspecified atom stereocenters. The molecule has 148 valence electrons. The Kier molecular flexibility index (Phi) is 6.30. The van der Waals surface area contributed by atoms with Gasteiger partial charge in [-0.2, -0.15) is 0 Å². The van der Waals surface area contributed by atoms with Gasteiger partial charge < -0.3 is 15.1 Å². The third kappa shape index (κ3) is 5.82. The standard InChI is InChI=1S/C19H28N4O3S/c1-13-9-14(7-8-15(13)27(6,24)25)10-22-18(20-5)23-12-17-21-11-16(26-17)19(2,3)4/h7-9,11H,10,12H2,1-6H3,(H2,20,22,23). The molecule has 0 spiro atoms. The van der Waals surface area contributed by atoms with Gasteiger partial charge >= 0.3 is 0 Å². The minimum absolute atomic E-state index is 0.0822. The first-order valence-electron chi connectivity index (χ1n) is 8.70. The molecule has 27 heavy (non-hydrogen) atoms. The lowest BCUT2D eigenvalue weighted by molar-refractivity contribution is 0.379. The SMILES string of the molecule is CN=C(NCc1ccc(S(C)(=O)=O)c(C)c1)NCc1ncc(C(C)(C)C)o1. The molecule has 0 fully saturated rings. The molecular formula is C19H28N4O3S. The van der Waals surface area contributed by atoms with Crippen LogP contribution in [0.1, 0.15) is 43.5 Å². The third-order valence-electron chi connectivity index (χ3n) is 4.02. The Hall–Kier alpha value is -2.35. The van der Waals surface area contributed by atoms with Gasteiger partial charge in [0.2, 0.25) is 5.89 Å². The van der Waals surface area contributed by atoms with Gasteiger partial charge in [0.05, 0.1) is 17.6 Å². The van der Waals surface area contributed by atoms with Gasteiger partial charge in [-0.25, -0.2) is 13.4 Å². The summed E-state index contributed by atoms with van der Waals surface area (Å²) in [5, 5.41) is 6.36. The molecule has 1 aromatic heterocycles. The summed E-state index contributed by atoms with van der Waals surface area (Å²) in [6.07, 6.45) is 2.96. The Morgan fingerprint density at radius 3 is 2.41 bits per heavy atom. The van der Waals surface area contributed by atoms with Crippen molar-refractivity contribution in [2.75, 3.05) is 13.3 Å². The minimum Gasteiger partial charge on any atom is -0.443 e. The van der Waals surface area contributed by atoms with E-state index in [0.29, 0.717) is 29.8 Å². The summed E-state index contributed by atoms with van der Waals surface area (Å²) in [4.78, 5) is 8.82. The third-order valence-corrected chi connectivity index (χ3v) is 5.28. The number of hydrogen-bond acceptors (Lipinski definition) is 5. The van der Waals surface area contributed by atoms with Gasteiger partial charge in [-0.1, -0.05) is 32.9 Å². The smallest absolute Gasteiger partial charge is 0.213 e. The number of benzene rings is 1. The maximum atomic E-state index is 11.7. The summed E-state index contributed by atoms with van der Waals surface area (Å²) in [6, 6.07) is 5.30. The quantitative estimate of drug-likeness (QED) is 0.600. The summed E-state index contributed by atoms with van der Waals surface area (Å²) < 4.78 is 29.2. The molecule has 2 N–H and O–H groups in total. The summed E-state index contributed by atoms with van der Waals surface area (Å²) >= 11 is 0. The predicted octanol–water partition coefficient (Wildman–Crippen LogP) is 2.55. The Morgan fingerprint density at radius 2 is 1.89 bits per heavy atom. The van der Waals surface area contributed by atoms with E-state index >= 15 is 0 Å². The molecule has 0 amide bonds. The van der Waals surface area contributed by atoms with Gasteiger partial charge in [0, 0.05) is 25.3 Å². The molecule has 2 rings (SSSR count). The summed E-state index contributed by atoms with van der Waals surface area (Å²) in [5.41, 5.74) is 1.62. The molecule has 0 bridgehead atoms. The van der Waals surface area contributed by atoms with Crippen LogP contribution in [0.2, 0.25) is 0 Å². The molecule has 0 radical (unpaired) electrons. The predicted molar refractivity (Wildman–Crippen MR) is 107 cm³/mol. The molecule has 0 saturated carbocycles. The zero-order chi connectivity index (χ0) is 20.2. The fourth-order valence-corrected chi connectivity index (χ4v) is 3.50. The van der Waals surface area contributed by atoms with E-state index in [1.807, 2.05) is 6.07 Å². The van der Waals surface area contributed by atoms with Crippen LogP contribution < -0.4 is 10.6 Å². The second-order valence-corrected chi connectivity index (χ2v) is 9.50. The molecule has 0 aliphatic heterocycles. The Morgan fingerprint density at radius 1 is 1.22 bits per heavy atom. The Balaban J connectivity index is 1.94. The van der Waals surface area contributed by atoms with Crippen molar-refractivity contribution in [3.8, 4) is 0 Å². The van der Waals surface area contributed by atoms with E-state index in [2.05, 4.69) is 41.4 Å². The van der Waals surface area contributed by atoms with Crippen LogP contribution in [0.15, 0.2) is 38.7 Å². The van der Waals surface area contributed by atoms with Crippen molar-refractivity contribution in [3.63, 3.8) is 0 Å². The second-order valence-electron chi connectivity index (χ2n) is 7.52.